The molecule has 0 aliphatic heterocycles. The molecule has 1 nitrogen and oxygen atoms in total. The summed E-state index contributed by atoms with van der Waals surface area (Å²) in [7, 11) is 0. The van der Waals surface area contributed by atoms with Gasteiger partial charge in [0.05, 0.1) is 16.7 Å². The van der Waals surface area contributed by atoms with Gasteiger partial charge in [-0.15, -0.1) is 0 Å². The van der Waals surface area contributed by atoms with E-state index < -0.39 is 0 Å². The molecule has 1 heteroatoms. The van der Waals surface area contributed by atoms with Crippen LogP contribution in [0.25, 0.3) is 17.4 Å². The highest BCUT2D eigenvalue weighted by Crippen LogP contribution is 2.33. The summed E-state index contributed by atoms with van der Waals surface area (Å²) < 4.78 is 0. The van der Waals surface area contributed by atoms with Gasteiger partial charge in [0, 0.05) is 18.6 Å². The quantitative estimate of drug-likeness (QED) is 0.511. The highest BCUT2D eigenvalue weighted by Gasteiger charge is 2.14. The van der Waals surface area contributed by atoms with E-state index in [2.05, 4.69) is 6.58 Å². The predicted molar refractivity (Wildman–Crippen MR) is 52.8 cm³/mol. The molecule has 12 heavy (non-hydrogen) atoms. The number of fused-ring (bicyclic) bond motifs is 1. The molecule has 58 valence electrons. The summed E-state index contributed by atoms with van der Waals surface area (Å²) in [4.78, 5) is 0. The minimum Gasteiger partial charge on any atom is -0.690 e. The molecule has 1 N–H and O–H groups in total. The fourth-order valence-electron chi connectivity index (χ4n) is 1.42. The molecule has 0 spiro atoms. The first-order chi connectivity index (χ1) is 5.79. The van der Waals surface area contributed by atoms with Gasteiger partial charge in [0.1, 0.15) is 0 Å². The molecule has 1 aromatic rings. The van der Waals surface area contributed by atoms with Crippen LogP contribution in [0.3, 0.4) is 0 Å². The topological polar surface area (TPSA) is 23.8 Å². The minimum absolute atomic E-state index is 0.554. The van der Waals surface area contributed by atoms with Crippen LogP contribution < -0.4 is 0 Å². The van der Waals surface area contributed by atoms with Gasteiger partial charge in [-0.3, -0.25) is 0 Å². The van der Waals surface area contributed by atoms with E-state index in [4.69, 9.17) is 5.73 Å². The van der Waals surface area contributed by atoms with E-state index >= 15 is 0 Å². The van der Waals surface area contributed by atoms with Crippen molar-refractivity contribution >= 4 is 17.3 Å². The highest BCUT2D eigenvalue weighted by molar-refractivity contribution is 5.89. The van der Waals surface area contributed by atoms with Crippen molar-refractivity contribution in [1.82, 2.24) is 0 Å². The smallest absolute Gasteiger partial charge is 0.0955 e. The van der Waals surface area contributed by atoms with Crippen LogP contribution >= 0.6 is 0 Å². The predicted octanol–water partition coefficient (Wildman–Crippen LogP) is 3.61. The maximum atomic E-state index is 7.66. The van der Waals surface area contributed by atoms with Gasteiger partial charge in [-0.25, -0.2) is 0 Å². The van der Waals surface area contributed by atoms with Crippen LogP contribution in [0, 0.1) is 6.42 Å². The zero-order chi connectivity index (χ0) is 8.55. The van der Waals surface area contributed by atoms with E-state index in [9.17, 15) is 0 Å². The van der Waals surface area contributed by atoms with Crippen molar-refractivity contribution in [2.75, 3.05) is 0 Å². The zero-order valence-electron chi connectivity index (χ0n) is 6.67. The normalized spacial score (nSPS) is 13.8. The molecule has 1 aliphatic rings. The lowest BCUT2D eigenvalue weighted by Gasteiger charge is -2.12. The first-order valence-electron chi connectivity index (χ1n) is 3.84. The van der Waals surface area contributed by atoms with Gasteiger partial charge in [-0.1, -0.05) is 17.8 Å². The first kappa shape index (κ1) is 7.04. The molecule has 0 bridgehead atoms. The van der Waals surface area contributed by atoms with Crippen LogP contribution in [0.5, 0.6) is 0 Å². The molecule has 0 atom stereocenters. The summed E-state index contributed by atoms with van der Waals surface area (Å²) in [5, 5.41) is 0. The summed E-state index contributed by atoms with van der Waals surface area (Å²) in [5.41, 5.74) is 11.2. The van der Waals surface area contributed by atoms with Crippen LogP contribution in [0.2, 0.25) is 0 Å². The number of hydrogen-bond acceptors (Lipinski definition) is 0. The van der Waals surface area contributed by atoms with Crippen molar-refractivity contribution in [3.05, 3.63) is 54.1 Å². The molecule has 0 aromatic heterocycles. The number of hydrogen-bond donors (Lipinski definition) is 0. The second-order valence-corrected chi connectivity index (χ2v) is 2.82. The van der Waals surface area contributed by atoms with E-state index in [-0.39, 0.29) is 0 Å². The molecule has 2 rings (SSSR count). The van der Waals surface area contributed by atoms with Crippen LogP contribution in [0.1, 0.15) is 11.1 Å². The minimum atomic E-state index is 0.554. The maximum Gasteiger partial charge on any atom is 0.0955 e. The Morgan fingerprint density at radius 2 is 2.17 bits per heavy atom. The molecule has 0 radical (unpaired) electrons. The van der Waals surface area contributed by atoms with Gasteiger partial charge < -0.3 is 5.73 Å². The van der Waals surface area contributed by atoms with Crippen molar-refractivity contribution in [1.29, 1.82) is 0 Å². The van der Waals surface area contributed by atoms with Crippen LogP contribution in [-0.4, -0.2) is 0 Å². The van der Waals surface area contributed by atoms with E-state index in [1.807, 2.05) is 30.7 Å². The van der Waals surface area contributed by atoms with Crippen molar-refractivity contribution < 1.29 is 0 Å². The van der Waals surface area contributed by atoms with Gasteiger partial charge in [-0.2, -0.15) is 0 Å². The van der Waals surface area contributed by atoms with E-state index in [0.717, 1.165) is 16.7 Å². The molecular weight excluding hydrogens is 146 g/mol. The third-order valence-corrected chi connectivity index (χ3v) is 1.99. The Hall–Kier alpha value is -1.63. The van der Waals surface area contributed by atoms with Crippen molar-refractivity contribution in [3.63, 3.8) is 0 Å². The molecule has 0 saturated carbocycles. The Morgan fingerprint density at radius 1 is 1.33 bits per heavy atom. The Balaban J connectivity index is 2.70. The Labute approximate surface area is 72.2 Å². The fraction of sp³-hybridized carbons (Fsp3) is 0. The Kier molecular flexibility index (Phi) is 1.44. The van der Waals surface area contributed by atoms with Crippen molar-refractivity contribution in [2.24, 2.45) is 0 Å². The monoisotopic (exact) mass is 155 g/mol. The second-order valence-electron chi connectivity index (χ2n) is 2.82. The van der Waals surface area contributed by atoms with E-state index in [1.54, 1.807) is 6.07 Å². The number of rotatable bonds is 0. The fourth-order valence-corrected chi connectivity index (χ4v) is 1.42. The van der Waals surface area contributed by atoms with Gasteiger partial charge in [0.2, 0.25) is 0 Å². The van der Waals surface area contributed by atoms with Gasteiger partial charge in [0.15, 0.2) is 0 Å². The number of nitrogens with one attached hydrogen (secondary N) is 1. The zero-order valence-corrected chi connectivity index (χ0v) is 6.67. The second kappa shape index (κ2) is 2.45. The average molecular weight is 155 g/mol. The van der Waals surface area contributed by atoms with Crippen LogP contribution in [-0.2, 0) is 0 Å². The van der Waals surface area contributed by atoms with Gasteiger partial charge in [-0.05, 0) is 12.6 Å². The molecule has 0 heterocycles. The molecule has 1 aromatic carbocycles. The number of allylic oxidation sites excluding steroid dienone is 2. The molecule has 0 unspecified atom stereocenters. The molecule has 0 fully saturated rings. The lowest BCUT2D eigenvalue weighted by atomic mass is 9.92. The Morgan fingerprint density at radius 3 is 2.92 bits per heavy atom. The summed E-state index contributed by atoms with van der Waals surface area (Å²) in [6, 6.07) is 5.68. The van der Waals surface area contributed by atoms with Crippen molar-refractivity contribution in [2.45, 2.75) is 0 Å². The SMILES string of the molecule is C=C1[CH+]C=Cc2cccc([NH-])c21. The molecule has 0 saturated heterocycles. The molecule has 1 aliphatic carbocycles. The van der Waals surface area contributed by atoms with Gasteiger partial charge >= 0.3 is 0 Å². The molecule has 0 amide bonds. The largest absolute Gasteiger partial charge is 0.690 e. The van der Waals surface area contributed by atoms with Gasteiger partial charge in [0.25, 0.3) is 0 Å². The summed E-state index contributed by atoms with van der Waals surface area (Å²) in [6.45, 7) is 3.89. The van der Waals surface area contributed by atoms with Crippen LogP contribution in [0.4, 0.5) is 5.69 Å². The third kappa shape index (κ3) is 0.909. The Bertz CT molecular complexity index is 361. The highest BCUT2D eigenvalue weighted by atomic mass is 14.6. The average Bonchev–Trinajstić information content (AvgIpc) is 2.04. The summed E-state index contributed by atoms with van der Waals surface area (Å²) in [5.74, 6) is 0. The standard InChI is InChI=1S/C11H9N/c1-8-4-2-5-9-6-3-7-10(12)11(8)9/h2-7,12H,1H2. The summed E-state index contributed by atoms with van der Waals surface area (Å²) in [6.07, 6.45) is 5.90. The first-order valence-corrected chi connectivity index (χ1v) is 3.84. The van der Waals surface area contributed by atoms with E-state index in [0.29, 0.717) is 5.69 Å². The van der Waals surface area contributed by atoms with Crippen molar-refractivity contribution in [3.8, 4) is 0 Å². The number of benzene rings is 1. The molecular formula is C11H9N. The summed E-state index contributed by atoms with van der Waals surface area (Å²) >= 11 is 0. The van der Waals surface area contributed by atoms with E-state index in [1.165, 1.54) is 0 Å². The maximum absolute atomic E-state index is 7.66. The lowest BCUT2D eigenvalue weighted by Crippen LogP contribution is -1.92. The lowest BCUT2D eigenvalue weighted by molar-refractivity contribution is 1.54. The van der Waals surface area contributed by atoms with Crippen LogP contribution in [0.15, 0.2) is 30.9 Å². The third-order valence-electron chi connectivity index (χ3n) is 1.99.